The van der Waals surface area contributed by atoms with Crippen LogP contribution in [0.15, 0.2) is 0 Å². The van der Waals surface area contributed by atoms with Crippen molar-refractivity contribution in [1.82, 2.24) is 0 Å². The lowest BCUT2D eigenvalue weighted by Crippen LogP contribution is -2.46. The van der Waals surface area contributed by atoms with E-state index in [1.54, 1.807) is 0 Å². The highest BCUT2D eigenvalue weighted by Gasteiger charge is 2.49. The molecule has 0 aromatic heterocycles. The van der Waals surface area contributed by atoms with Gasteiger partial charge in [0.25, 0.3) is 5.92 Å². The predicted molar refractivity (Wildman–Crippen MR) is 47.9 cm³/mol. The van der Waals surface area contributed by atoms with E-state index in [9.17, 15) is 8.78 Å². The van der Waals surface area contributed by atoms with Gasteiger partial charge in [0.2, 0.25) is 0 Å². The van der Waals surface area contributed by atoms with E-state index in [1.165, 1.54) is 0 Å². The van der Waals surface area contributed by atoms with Gasteiger partial charge in [0.05, 0.1) is 0 Å². The molecule has 0 aromatic carbocycles. The molecule has 1 heterocycles. The minimum atomic E-state index is -2.64. The SMILES string of the molecule is CCC(C)(C)C1CCOCC1(F)F. The van der Waals surface area contributed by atoms with E-state index in [2.05, 4.69) is 0 Å². The number of rotatable bonds is 2. The molecule has 0 amide bonds. The Balaban J connectivity index is 2.76. The lowest BCUT2D eigenvalue weighted by Gasteiger charge is -2.41. The molecule has 1 saturated heterocycles. The van der Waals surface area contributed by atoms with Crippen LogP contribution in [-0.4, -0.2) is 19.1 Å². The number of ether oxygens (including phenoxy) is 1. The molecule has 0 saturated carbocycles. The van der Waals surface area contributed by atoms with E-state index < -0.39 is 18.4 Å². The van der Waals surface area contributed by atoms with E-state index in [1.807, 2.05) is 20.8 Å². The third-order valence-electron chi connectivity index (χ3n) is 3.21. The van der Waals surface area contributed by atoms with Crippen molar-refractivity contribution in [3.63, 3.8) is 0 Å². The minimum absolute atomic E-state index is 0.284. The molecule has 3 heteroatoms. The summed E-state index contributed by atoms with van der Waals surface area (Å²) in [6.45, 7) is 5.87. The van der Waals surface area contributed by atoms with E-state index in [0.717, 1.165) is 6.42 Å². The van der Waals surface area contributed by atoms with Crippen LogP contribution in [0.3, 0.4) is 0 Å². The molecule has 0 bridgehead atoms. The topological polar surface area (TPSA) is 9.23 Å². The Morgan fingerprint density at radius 3 is 2.54 bits per heavy atom. The predicted octanol–water partition coefficient (Wildman–Crippen LogP) is 3.09. The monoisotopic (exact) mass is 192 g/mol. The lowest BCUT2D eigenvalue weighted by molar-refractivity contribution is -0.184. The molecule has 1 nitrogen and oxygen atoms in total. The summed E-state index contributed by atoms with van der Waals surface area (Å²) in [6, 6.07) is 0. The average Bonchev–Trinajstić information content (AvgIpc) is 2.03. The van der Waals surface area contributed by atoms with Gasteiger partial charge in [-0.15, -0.1) is 0 Å². The Bertz CT molecular complexity index is 170. The molecular formula is C10H18F2O. The van der Waals surface area contributed by atoms with Crippen molar-refractivity contribution < 1.29 is 13.5 Å². The summed E-state index contributed by atoms with van der Waals surface area (Å²) < 4.78 is 31.7. The van der Waals surface area contributed by atoms with Gasteiger partial charge in [-0.1, -0.05) is 27.2 Å². The fourth-order valence-electron chi connectivity index (χ4n) is 1.93. The maximum Gasteiger partial charge on any atom is 0.274 e. The van der Waals surface area contributed by atoms with Gasteiger partial charge >= 0.3 is 0 Å². The van der Waals surface area contributed by atoms with E-state index in [0.29, 0.717) is 13.0 Å². The quantitative estimate of drug-likeness (QED) is 0.653. The molecule has 1 aliphatic rings. The third kappa shape index (κ3) is 2.19. The van der Waals surface area contributed by atoms with Crippen LogP contribution in [0.1, 0.15) is 33.6 Å². The van der Waals surface area contributed by atoms with Crippen LogP contribution in [0.5, 0.6) is 0 Å². The summed E-state index contributed by atoms with van der Waals surface area (Å²) in [7, 11) is 0. The van der Waals surface area contributed by atoms with Crippen molar-refractivity contribution in [1.29, 1.82) is 0 Å². The fraction of sp³-hybridized carbons (Fsp3) is 1.00. The molecule has 78 valence electrons. The molecule has 1 rings (SSSR count). The summed E-state index contributed by atoms with van der Waals surface area (Å²) in [4.78, 5) is 0. The van der Waals surface area contributed by atoms with Crippen molar-refractivity contribution in [2.75, 3.05) is 13.2 Å². The maximum atomic E-state index is 13.4. The highest BCUT2D eigenvalue weighted by molar-refractivity contribution is 4.89. The van der Waals surface area contributed by atoms with Gasteiger partial charge in [0.15, 0.2) is 0 Å². The molecule has 1 unspecified atom stereocenters. The van der Waals surface area contributed by atoms with Crippen LogP contribution in [0.25, 0.3) is 0 Å². The molecule has 1 aliphatic heterocycles. The Labute approximate surface area is 78.5 Å². The molecule has 0 N–H and O–H groups in total. The summed E-state index contributed by atoms with van der Waals surface area (Å²) in [5.74, 6) is -3.17. The van der Waals surface area contributed by atoms with Crippen molar-refractivity contribution >= 4 is 0 Å². The Hall–Kier alpha value is -0.180. The zero-order valence-electron chi connectivity index (χ0n) is 8.57. The summed E-state index contributed by atoms with van der Waals surface area (Å²) in [6.07, 6.45) is 1.26. The van der Waals surface area contributed by atoms with Crippen molar-refractivity contribution in [2.45, 2.75) is 39.5 Å². The van der Waals surface area contributed by atoms with E-state index in [4.69, 9.17) is 4.74 Å². The zero-order valence-corrected chi connectivity index (χ0v) is 8.57. The Morgan fingerprint density at radius 1 is 1.46 bits per heavy atom. The second kappa shape index (κ2) is 3.52. The normalized spacial score (nSPS) is 28.8. The smallest absolute Gasteiger partial charge is 0.274 e. The molecular weight excluding hydrogens is 174 g/mol. The van der Waals surface area contributed by atoms with Crippen LogP contribution in [0.2, 0.25) is 0 Å². The number of hydrogen-bond acceptors (Lipinski definition) is 1. The van der Waals surface area contributed by atoms with Crippen LogP contribution < -0.4 is 0 Å². The number of halogens is 2. The average molecular weight is 192 g/mol. The molecule has 13 heavy (non-hydrogen) atoms. The summed E-state index contributed by atoms with van der Waals surface area (Å²) in [5.41, 5.74) is -0.284. The minimum Gasteiger partial charge on any atom is -0.375 e. The fourth-order valence-corrected chi connectivity index (χ4v) is 1.93. The first kappa shape index (κ1) is 10.9. The second-order valence-electron chi connectivity index (χ2n) is 4.50. The molecule has 0 radical (unpaired) electrons. The summed E-state index contributed by atoms with van der Waals surface area (Å²) in [5, 5.41) is 0. The van der Waals surface area contributed by atoms with Gasteiger partial charge in [-0.2, -0.15) is 0 Å². The molecule has 1 fully saturated rings. The Kier molecular flexibility index (Phi) is 2.95. The number of hydrogen-bond donors (Lipinski definition) is 0. The first-order valence-corrected chi connectivity index (χ1v) is 4.86. The van der Waals surface area contributed by atoms with Gasteiger partial charge in [0, 0.05) is 12.5 Å². The largest absolute Gasteiger partial charge is 0.375 e. The highest BCUT2D eigenvalue weighted by Crippen LogP contribution is 2.45. The van der Waals surface area contributed by atoms with Gasteiger partial charge in [0.1, 0.15) is 6.61 Å². The second-order valence-corrected chi connectivity index (χ2v) is 4.50. The van der Waals surface area contributed by atoms with Crippen LogP contribution in [-0.2, 0) is 4.74 Å². The highest BCUT2D eigenvalue weighted by atomic mass is 19.3. The molecule has 0 aliphatic carbocycles. The van der Waals surface area contributed by atoms with Gasteiger partial charge in [-0.25, -0.2) is 8.78 Å². The van der Waals surface area contributed by atoms with Crippen LogP contribution in [0, 0.1) is 11.3 Å². The Morgan fingerprint density at radius 2 is 2.08 bits per heavy atom. The zero-order chi connectivity index (χ0) is 10.1. The molecule has 1 atom stereocenters. The third-order valence-corrected chi connectivity index (χ3v) is 3.21. The summed E-state index contributed by atoms with van der Waals surface area (Å²) >= 11 is 0. The van der Waals surface area contributed by atoms with Gasteiger partial charge in [-0.05, 0) is 11.8 Å². The first-order chi connectivity index (χ1) is 5.90. The van der Waals surface area contributed by atoms with E-state index >= 15 is 0 Å². The maximum absolute atomic E-state index is 13.4. The molecule has 0 spiro atoms. The van der Waals surface area contributed by atoms with Gasteiger partial charge < -0.3 is 4.74 Å². The van der Waals surface area contributed by atoms with Crippen LogP contribution >= 0.6 is 0 Å². The first-order valence-electron chi connectivity index (χ1n) is 4.86. The van der Waals surface area contributed by atoms with Gasteiger partial charge in [-0.3, -0.25) is 0 Å². The lowest BCUT2D eigenvalue weighted by atomic mass is 9.71. The van der Waals surface area contributed by atoms with Crippen molar-refractivity contribution in [2.24, 2.45) is 11.3 Å². The van der Waals surface area contributed by atoms with Crippen LogP contribution in [0.4, 0.5) is 8.78 Å². The van der Waals surface area contributed by atoms with Crippen molar-refractivity contribution in [3.05, 3.63) is 0 Å². The standard InChI is InChI=1S/C10H18F2O/c1-4-9(2,3)8-5-6-13-7-10(8,11)12/h8H,4-7H2,1-3H3. The molecule has 0 aromatic rings. The van der Waals surface area contributed by atoms with Crippen molar-refractivity contribution in [3.8, 4) is 0 Å². The number of alkyl halides is 2. The van der Waals surface area contributed by atoms with E-state index in [-0.39, 0.29) is 5.41 Å².